The predicted octanol–water partition coefficient (Wildman–Crippen LogP) is 4.72. The molecule has 0 unspecified atom stereocenters. The van der Waals surface area contributed by atoms with Crippen LogP contribution in [0.4, 0.5) is 0 Å². The molecule has 0 fully saturated rings. The molecule has 0 aliphatic rings. The number of alkyl halides is 2. The Morgan fingerprint density at radius 1 is 1.36 bits per heavy atom. The van der Waals surface area contributed by atoms with Gasteiger partial charge in [-0.15, -0.1) is 0 Å². The minimum absolute atomic E-state index is 0.348. The fourth-order valence-electron chi connectivity index (χ4n) is 1.44. The molecule has 0 N–H and O–H groups in total. The van der Waals surface area contributed by atoms with Gasteiger partial charge >= 0.3 is 0 Å². The first kappa shape index (κ1) is 12.7. The molecule has 1 aromatic rings. The van der Waals surface area contributed by atoms with Gasteiger partial charge in [-0.25, -0.2) is 0 Å². The van der Waals surface area contributed by atoms with Crippen LogP contribution in [0.3, 0.4) is 0 Å². The quantitative estimate of drug-likeness (QED) is 0.681. The SMILES string of the molecule is CC(C)C(CBr)(CBr)Cc1ccsc1. The van der Waals surface area contributed by atoms with Crippen LogP contribution < -0.4 is 0 Å². The van der Waals surface area contributed by atoms with Crippen LogP contribution in [-0.2, 0) is 6.42 Å². The summed E-state index contributed by atoms with van der Waals surface area (Å²) in [5.41, 5.74) is 1.81. The molecule has 0 radical (unpaired) electrons. The highest BCUT2D eigenvalue weighted by molar-refractivity contribution is 9.09. The number of rotatable bonds is 5. The maximum atomic E-state index is 3.65. The molecule has 80 valence electrons. The number of hydrogen-bond acceptors (Lipinski definition) is 1. The van der Waals surface area contributed by atoms with Crippen molar-refractivity contribution in [3.8, 4) is 0 Å². The van der Waals surface area contributed by atoms with E-state index in [-0.39, 0.29) is 0 Å². The average molecular weight is 340 g/mol. The minimum atomic E-state index is 0.348. The van der Waals surface area contributed by atoms with Crippen molar-refractivity contribution in [1.82, 2.24) is 0 Å². The molecule has 1 heterocycles. The summed E-state index contributed by atoms with van der Waals surface area (Å²) in [5, 5.41) is 6.52. The fraction of sp³-hybridized carbons (Fsp3) is 0.636. The van der Waals surface area contributed by atoms with Crippen LogP contribution in [0.5, 0.6) is 0 Å². The van der Waals surface area contributed by atoms with E-state index in [2.05, 4.69) is 62.5 Å². The third kappa shape index (κ3) is 2.83. The molecule has 0 aliphatic carbocycles. The summed E-state index contributed by atoms with van der Waals surface area (Å²) in [5.74, 6) is 0.682. The van der Waals surface area contributed by atoms with Crippen molar-refractivity contribution < 1.29 is 0 Å². The Labute approximate surface area is 107 Å². The van der Waals surface area contributed by atoms with Gasteiger partial charge in [0.05, 0.1) is 0 Å². The summed E-state index contributed by atoms with van der Waals surface area (Å²) in [6, 6.07) is 2.23. The van der Waals surface area contributed by atoms with Crippen LogP contribution in [0.15, 0.2) is 16.8 Å². The van der Waals surface area contributed by atoms with E-state index in [1.54, 1.807) is 11.3 Å². The van der Waals surface area contributed by atoms with E-state index in [0.29, 0.717) is 11.3 Å². The first-order valence-corrected chi connectivity index (χ1v) is 7.96. The zero-order valence-electron chi connectivity index (χ0n) is 8.59. The Balaban J connectivity index is 2.78. The second kappa shape index (κ2) is 5.66. The highest BCUT2D eigenvalue weighted by Gasteiger charge is 2.31. The summed E-state index contributed by atoms with van der Waals surface area (Å²) in [6.45, 7) is 4.60. The van der Waals surface area contributed by atoms with Gasteiger partial charge in [0.25, 0.3) is 0 Å². The Kier molecular flexibility index (Phi) is 5.15. The van der Waals surface area contributed by atoms with Gasteiger partial charge in [-0.05, 0) is 40.1 Å². The Hall–Kier alpha value is 0.660. The molecule has 0 amide bonds. The van der Waals surface area contributed by atoms with Gasteiger partial charge in [-0.2, -0.15) is 11.3 Å². The van der Waals surface area contributed by atoms with Gasteiger partial charge in [0.1, 0.15) is 0 Å². The molecule has 3 heteroatoms. The zero-order valence-corrected chi connectivity index (χ0v) is 12.6. The number of halogens is 2. The highest BCUT2D eigenvalue weighted by atomic mass is 79.9. The lowest BCUT2D eigenvalue weighted by Crippen LogP contribution is -2.33. The monoisotopic (exact) mass is 338 g/mol. The second-order valence-corrected chi connectivity index (χ2v) is 5.99. The van der Waals surface area contributed by atoms with Gasteiger partial charge in [0.15, 0.2) is 0 Å². The minimum Gasteiger partial charge on any atom is -0.152 e. The van der Waals surface area contributed by atoms with Crippen molar-refractivity contribution in [2.24, 2.45) is 11.3 Å². The third-order valence-electron chi connectivity index (χ3n) is 2.89. The predicted molar refractivity (Wildman–Crippen MR) is 72.9 cm³/mol. The summed E-state index contributed by atoms with van der Waals surface area (Å²) in [6.07, 6.45) is 1.16. The van der Waals surface area contributed by atoms with E-state index in [1.807, 2.05) is 0 Å². The van der Waals surface area contributed by atoms with Crippen LogP contribution in [0.25, 0.3) is 0 Å². The Bertz CT molecular complexity index is 250. The van der Waals surface area contributed by atoms with Crippen LogP contribution in [0.1, 0.15) is 19.4 Å². The van der Waals surface area contributed by atoms with Gasteiger partial charge in [0.2, 0.25) is 0 Å². The van der Waals surface area contributed by atoms with E-state index in [1.165, 1.54) is 5.56 Å². The van der Waals surface area contributed by atoms with Crippen LogP contribution in [0, 0.1) is 11.3 Å². The lowest BCUT2D eigenvalue weighted by molar-refractivity contribution is 0.268. The van der Waals surface area contributed by atoms with E-state index in [4.69, 9.17) is 0 Å². The summed E-state index contributed by atoms with van der Waals surface area (Å²) >= 11 is 9.09. The van der Waals surface area contributed by atoms with Gasteiger partial charge in [0, 0.05) is 10.7 Å². The number of hydrogen-bond donors (Lipinski definition) is 0. The molecule has 0 saturated heterocycles. The van der Waals surface area contributed by atoms with Crippen molar-refractivity contribution in [2.45, 2.75) is 20.3 Å². The van der Waals surface area contributed by atoms with Crippen molar-refractivity contribution in [3.05, 3.63) is 22.4 Å². The highest BCUT2D eigenvalue weighted by Crippen LogP contribution is 2.36. The second-order valence-electron chi connectivity index (χ2n) is 4.09. The van der Waals surface area contributed by atoms with E-state index >= 15 is 0 Å². The summed E-state index contributed by atoms with van der Waals surface area (Å²) in [4.78, 5) is 0. The van der Waals surface area contributed by atoms with Crippen molar-refractivity contribution in [2.75, 3.05) is 10.7 Å². The maximum Gasteiger partial charge on any atom is 0.0102 e. The molecule has 1 aromatic heterocycles. The van der Waals surface area contributed by atoms with E-state index in [0.717, 1.165) is 17.1 Å². The van der Waals surface area contributed by atoms with Gasteiger partial charge in [-0.1, -0.05) is 45.7 Å². The molecule has 0 atom stereocenters. The molecular weight excluding hydrogens is 324 g/mol. The molecule has 0 saturated carbocycles. The van der Waals surface area contributed by atoms with Crippen LogP contribution in [0.2, 0.25) is 0 Å². The normalized spacial score (nSPS) is 12.4. The average Bonchev–Trinajstić information content (AvgIpc) is 2.66. The lowest BCUT2D eigenvalue weighted by Gasteiger charge is -2.34. The first-order chi connectivity index (χ1) is 6.64. The summed E-state index contributed by atoms with van der Waals surface area (Å²) in [7, 11) is 0. The zero-order chi connectivity index (χ0) is 10.6. The largest absolute Gasteiger partial charge is 0.152 e. The standard InChI is InChI=1S/C11H16Br2S/c1-9(2)11(7-12,8-13)5-10-3-4-14-6-10/h3-4,6,9H,5,7-8H2,1-2H3. The van der Waals surface area contributed by atoms with Crippen LogP contribution >= 0.6 is 43.2 Å². The lowest BCUT2D eigenvalue weighted by atomic mass is 9.76. The maximum absolute atomic E-state index is 3.65. The fourth-order valence-corrected chi connectivity index (χ4v) is 4.73. The van der Waals surface area contributed by atoms with Gasteiger partial charge in [-0.3, -0.25) is 0 Å². The van der Waals surface area contributed by atoms with E-state index < -0.39 is 0 Å². The van der Waals surface area contributed by atoms with Crippen molar-refractivity contribution in [1.29, 1.82) is 0 Å². The van der Waals surface area contributed by atoms with E-state index in [9.17, 15) is 0 Å². The molecule has 0 spiro atoms. The Morgan fingerprint density at radius 3 is 2.36 bits per heavy atom. The molecule has 0 bridgehead atoms. The summed E-state index contributed by atoms with van der Waals surface area (Å²) < 4.78 is 0. The van der Waals surface area contributed by atoms with Crippen LogP contribution in [-0.4, -0.2) is 10.7 Å². The first-order valence-electron chi connectivity index (χ1n) is 4.77. The molecule has 14 heavy (non-hydrogen) atoms. The van der Waals surface area contributed by atoms with Crippen molar-refractivity contribution in [3.63, 3.8) is 0 Å². The van der Waals surface area contributed by atoms with Gasteiger partial charge < -0.3 is 0 Å². The van der Waals surface area contributed by atoms with Crippen molar-refractivity contribution >= 4 is 43.2 Å². The third-order valence-corrected chi connectivity index (χ3v) is 5.86. The molecular formula is C11H16Br2S. The number of thiophene rings is 1. The molecule has 0 nitrogen and oxygen atoms in total. The molecule has 0 aliphatic heterocycles. The molecule has 1 rings (SSSR count). The Morgan fingerprint density at radius 2 is 2.00 bits per heavy atom. The molecule has 0 aromatic carbocycles. The smallest absolute Gasteiger partial charge is 0.0102 e. The topological polar surface area (TPSA) is 0 Å².